The molecular weight excluding hydrogens is 498 g/mol. The molecule has 0 bridgehead atoms. The van der Waals surface area contributed by atoms with Gasteiger partial charge in [-0.25, -0.2) is 4.79 Å². The van der Waals surface area contributed by atoms with Crippen LogP contribution in [0.1, 0.15) is 80.2 Å². The molecule has 1 N–H and O–H groups in total. The lowest BCUT2D eigenvalue weighted by Gasteiger charge is -2.49. The van der Waals surface area contributed by atoms with E-state index < -0.39 is 50.4 Å². The highest BCUT2D eigenvalue weighted by atomic mass is 32.2. The van der Waals surface area contributed by atoms with Crippen LogP contribution < -0.4 is 0 Å². The van der Waals surface area contributed by atoms with Crippen molar-refractivity contribution in [3.05, 3.63) is 29.8 Å². The van der Waals surface area contributed by atoms with E-state index in [0.717, 1.165) is 5.56 Å². The average Bonchev–Trinajstić information content (AvgIpc) is 3.00. The maximum absolute atomic E-state index is 12.9. The maximum atomic E-state index is 12.9. The fourth-order valence-electron chi connectivity index (χ4n) is 4.76. The van der Waals surface area contributed by atoms with Gasteiger partial charge in [-0.2, -0.15) is 8.42 Å². The first kappa shape index (κ1) is 31.1. The fraction of sp³-hybridized carbons (Fsp3) is 0.704. The van der Waals surface area contributed by atoms with Gasteiger partial charge in [0.15, 0.2) is 0 Å². The summed E-state index contributed by atoms with van der Waals surface area (Å²) >= 11 is 0. The molecule has 2 unspecified atom stereocenters. The van der Waals surface area contributed by atoms with Gasteiger partial charge in [0.05, 0.1) is 23.6 Å². The largest absolute Gasteiger partial charge is 0.465 e. The molecule has 1 aliphatic heterocycles. The molecule has 37 heavy (non-hydrogen) atoms. The fourth-order valence-corrected chi connectivity index (χ4v) is 5.73. The number of benzene rings is 1. The summed E-state index contributed by atoms with van der Waals surface area (Å²) in [4.78, 5) is 26.3. The van der Waals surface area contributed by atoms with E-state index in [9.17, 15) is 23.1 Å². The highest BCUT2D eigenvalue weighted by molar-refractivity contribution is 7.86. The van der Waals surface area contributed by atoms with Crippen molar-refractivity contribution in [3.63, 3.8) is 0 Å². The number of hydrogen-bond acceptors (Lipinski definition) is 7. The Morgan fingerprint density at radius 3 is 2.16 bits per heavy atom. The second-order valence-corrected chi connectivity index (χ2v) is 14.0. The van der Waals surface area contributed by atoms with Crippen LogP contribution in [0.2, 0.25) is 0 Å². The average molecular weight is 542 g/mol. The number of esters is 1. The molecule has 0 aromatic heterocycles. The predicted molar refractivity (Wildman–Crippen MR) is 140 cm³/mol. The summed E-state index contributed by atoms with van der Waals surface area (Å²) in [6.45, 7) is 16.3. The van der Waals surface area contributed by atoms with Crippen LogP contribution >= 0.6 is 0 Å². The van der Waals surface area contributed by atoms with Gasteiger partial charge in [0.2, 0.25) is 0 Å². The van der Waals surface area contributed by atoms with Crippen molar-refractivity contribution in [3.8, 4) is 0 Å². The van der Waals surface area contributed by atoms with E-state index in [0.29, 0.717) is 0 Å². The molecule has 1 amide bonds. The molecule has 9 nitrogen and oxygen atoms in total. The zero-order chi connectivity index (χ0) is 28.4. The molecule has 1 aromatic rings. The number of aryl methyl sites for hydroxylation is 1. The monoisotopic (exact) mass is 541 g/mol. The van der Waals surface area contributed by atoms with Crippen LogP contribution in [0.4, 0.5) is 4.79 Å². The van der Waals surface area contributed by atoms with Crippen molar-refractivity contribution >= 4 is 22.2 Å². The van der Waals surface area contributed by atoms with Crippen molar-refractivity contribution in [2.24, 2.45) is 11.3 Å². The van der Waals surface area contributed by atoms with Crippen LogP contribution in [0.5, 0.6) is 0 Å². The molecule has 2 rings (SSSR count). The predicted octanol–water partition coefficient (Wildman–Crippen LogP) is 5.36. The number of rotatable bonds is 9. The number of nitrogens with zero attached hydrogens (tertiary/aromatic N) is 1. The summed E-state index contributed by atoms with van der Waals surface area (Å²) < 4.78 is 42.7. The minimum absolute atomic E-state index is 0.0343. The van der Waals surface area contributed by atoms with Crippen LogP contribution in [0.15, 0.2) is 29.2 Å². The van der Waals surface area contributed by atoms with Gasteiger partial charge in [0.25, 0.3) is 10.1 Å². The zero-order valence-corrected chi connectivity index (χ0v) is 24.4. The first-order valence-corrected chi connectivity index (χ1v) is 14.0. The molecule has 0 aliphatic carbocycles. The normalized spacial score (nSPS) is 21.1. The second kappa shape index (κ2) is 10.9. The molecule has 10 heteroatoms. The highest BCUT2D eigenvalue weighted by Gasteiger charge is 2.60. The number of carbonyl (C=O) groups is 2. The van der Waals surface area contributed by atoms with Crippen molar-refractivity contribution in [2.75, 3.05) is 13.2 Å². The summed E-state index contributed by atoms with van der Waals surface area (Å²) in [7, 11) is -4.06. The Morgan fingerprint density at radius 1 is 1.11 bits per heavy atom. The molecule has 210 valence electrons. The third-order valence-corrected chi connectivity index (χ3v) is 8.09. The molecule has 0 spiro atoms. The SMILES string of the molecule is Cc1ccc(S(=O)(=O)OCC(CCC(=O)OC(C)(C)C)CC2(C(C)(C)C)COC(C)(C)N2C(=O)O)cc1. The lowest BCUT2D eigenvalue weighted by Crippen LogP contribution is -2.62. The Hall–Kier alpha value is -2.17. The number of amides is 1. The standard InChI is InChI=1S/C27H43NO8S/c1-19-10-13-21(14-11-19)37(32,33)35-17-20(12-15-22(29)36-25(5,6)7)16-27(24(2,3)4)18-34-26(8,9)28(27)23(30)31/h10-11,13-14,20H,12,15-18H2,1-9H3,(H,30,31). The van der Waals surface area contributed by atoms with Crippen molar-refractivity contribution in [2.45, 2.75) is 103 Å². The first-order valence-electron chi connectivity index (χ1n) is 12.6. The minimum Gasteiger partial charge on any atom is -0.465 e. The van der Waals surface area contributed by atoms with Gasteiger partial charge < -0.3 is 14.6 Å². The van der Waals surface area contributed by atoms with Gasteiger partial charge in [-0.3, -0.25) is 13.9 Å². The van der Waals surface area contributed by atoms with Crippen LogP contribution in [-0.4, -0.2) is 60.6 Å². The summed E-state index contributed by atoms with van der Waals surface area (Å²) in [5, 5.41) is 10.2. The Bertz CT molecular complexity index is 1070. The molecule has 1 fully saturated rings. The Balaban J connectivity index is 2.38. The first-order chi connectivity index (χ1) is 16.7. The molecule has 0 saturated carbocycles. The third-order valence-electron chi connectivity index (χ3n) is 6.79. The van der Waals surface area contributed by atoms with Gasteiger partial charge in [0, 0.05) is 6.42 Å². The topological polar surface area (TPSA) is 119 Å². The van der Waals surface area contributed by atoms with E-state index in [-0.39, 0.29) is 37.4 Å². The van der Waals surface area contributed by atoms with E-state index in [1.165, 1.54) is 17.0 Å². The number of hydrogen-bond donors (Lipinski definition) is 1. The quantitative estimate of drug-likeness (QED) is 0.328. The third kappa shape index (κ3) is 7.67. The lowest BCUT2D eigenvalue weighted by atomic mass is 9.68. The Kier molecular flexibility index (Phi) is 9.15. The maximum Gasteiger partial charge on any atom is 0.410 e. The van der Waals surface area contributed by atoms with E-state index >= 15 is 0 Å². The van der Waals surface area contributed by atoms with Crippen LogP contribution in [0.3, 0.4) is 0 Å². The van der Waals surface area contributed by atoms with Gasteiger partial charge in [-0.05, 0) is 77.8 Å². The number of ether oxygens (including phenoxy) is 2. The van der Waals surface area contributed by atoms with Crippen molar-refractivity contribution < 1.29 is 36.8 Å². The second-order valence-electron chi connectivity index (χ2n) is 12.4. The molecule has 1 saturated heterocycles. The molecule has 0 radical (unpaired) electrons. The van der Waals surface area contributed by atoms with Gasteiger partial charge in [-0.15, -0.1) is 0 Å². The summed E-state index contributed by atoms with van der Waals surface area (Å²) in [5.41, 5.74) is -2.38. The lowest BCUT2D eigenvalue weighted by molar-refractivity contribution is -0.155. The van der Waals surface area contributed by atoms with Crippen LogP contribution in [0, 0.1) is 18.3 Å². The van der Waals surface area contributed by atoms with Gasteiger partial charge in [-0.1, -0.05) is 38.5 Å². The van der Waals surface area contributed by atoms with E-state index in [1.807, 2.05) is 27.7 Å². The molecule has 1 aliphatic rings. The smallest absolute Gasteiger partial charge is 0.410 e. The molecular formula is C27H43NO8S. The van der Waals surface area contributed by atoms with Gasteiger partial charge >= 0.3 is 12.1 Å². The van der Waals surface area contributed by atoms with E-state index in [2.05, 4.69) is 0 Å². The van der Waals surface area contributed by atoms with Crippen molar-refractivity contribution in [1.29, 1.82) is 0 Å². The number of carboxylic acid groups (broad SMARTS) is 1. The Morgan fingerprint density at radius 2 is 1.68 bits per heavy atom. The summed E-state index contributed by atoms with van der Waals surface area (Å²) in [5.74, 6) is -0.895. The van der Waals surface area contributed by atoms with Gasteiger partial charge in [0.1, 0.15) is 11.3 Å². The molecule has 1 heterocycles. The minimum atomic E-state index is -4.06. The summed E-state index contributed by atoms with van der Waals surface area (Å²) in [6.07, 6.45) is -0.605. The van der Waals surface area contributed by atoms with Crippen molar-refractivity contribution in [1.82, 2.24) is 4.90 Å². The summed E-state index contributed by atoms with van der Waals surface area (Å²) in [6, 6.07) is 6.34. The van der Waals surface area contributed by atoms with E-state index in [4.69, 9.17) is 13.7 Å². The highest BCUT2D eigenvalue weighted by Crippen LogP contribution is 2.49. The van der Waals surface area contributed by atoms with Crippen LogP contribution in [0.25, 0.3) is 0 Å². The molecule has 2 atom stereocenters. The zero-order valence-electron chi connectivity index (χ0n) is 23.6. The molecule has 1 aromatic carbocycles. The Labute approximate surface area is 221 Å². The van der Waals surface area contributed by atoms with E-state index in [1.54, 1.807) is 46.8 Å². The number of carbonyl (C=O) groups excluding carboxylic acids is 1. The van der Waals surface area contributed by atoms with Crippen LogP contribution in [-0.2, 0) is 28.6 Å².